The van der Waals surface area contributed by atoms with E-state index in [0.717, 1.165) is 32.2 Å². The molecule has 5 nitrogen and oxygen atoms in total. The van der Waals surface area contributed by atoms with Gasteiger partial charge in [-0.2, -0.15) is 0 Å². The minimum absolute atomic E-state index is 0.0197. The van der Waals surface area contributed by atoms with Crippen LogP contribution in [0.2, 0.25) is 0 Å². The van der Waals surface area contributed by atoms with Crippen LogP contribution in [0.3, 0.4) is 0 Å². The van der Waals surface area contributed by atoms with Gasteiger partial charge in [0.1, 0.15) is 6.54 Å². The lowest BCUT2D eigenvalue weighted by atomic mass is 9.98. The second-order valence-corrected chi connectivity index (χ2v) is 4.63. The Kier molecular flexibility index (Phi) is 3.43. The highest BCUT2D eigenvalue weighted by atomic mass is 16.4. The number of hydrogen-bond acceptors (Lipinski definition) is 3. The highest BCUT2D eigenvalue weighted by molar-refractivity contribution is 5.84. The summed E-state index contributed by atoms with van der Waals surface area (Å²) in [5.74, 6) is -0.908. The molecule has 16 heavy (non-hydrogen) atoms. The lowest BCUT2D eigenvalue weighted by Crippen LogP contribution is -2.45. The summed E-state index contributed by atoms with van der Waals surface area (Å²) >= 11 is 0. The maximum atomic E-state index is 12.1. The highest BCUT2D eigenvalue weighted by Gasteiger charge is 2.37. The Hall–Kier alpha value is -1.10. The monoisotopic (exact) mass is 226 g/mol. The van der Waals surface area contributed by atoms with Crippen LogP contribution in [-0.4, -0.2) is 47.6 Å². The van der Waals surface area contributed by atoms with E-state index in [1.54, 1.807) is 4.90 Å². The van der Waals surface area contributed by atoms with Gasteiger partial charge in [0.15, 0.2) is 0 Å². The zero-order valence-corrected chi connectivity index (χ0v) is 9.32. The summed E-state index contributed by atoms with van der Waals surface area (Å²) in [5.41, 5.74) is 0. The van der Waals surface area contributed by atoms with Crippen molar-refractivity contribution in [2.24, 2.45) is 5.92 Å². The first-order valence-corrected chi connectivity index (χ1v) is 5.91. The predicted octanol–water partition coefficient (Wildman–Crippen LogP) is 0.0616. The van der Waals surface area contributed by atoms with Gasteiger partial charge >= 0.3 is 5.97 Å². The zero-order valence-electron chi connectivity index (χ0n) is 9.32. The number of nitrogens with one attached hydrogen (secondary N) is 1. The smallest absolute Gasteiger partial charge is 0.323 e. The summed E-state index contributed by atoms with van der Waals surface area (Å²) < 4.78 is 0. The molecule has 0 radical (unpaired) electrons. The molecule has 90 valence electrons. The Bertz CT molecular complexity index is 283. The molecule has 1 amide bonds. The van der Waals surface area contributed by atoms with Crippen molar-refractivity contribution in [3.05, 3.63) is 0 Å². The van der Waals surface area contributed by atoms with Gasteiger partial charge in [0.2, 0.25) is 5.91 Å². The fraction of sp³-hybridized carbons (Fsp3) is 0.818. The van der Waals surface area contributed by atoms with Crippen molar-refractivity contribution in [1.82, 2.24) is 10.2 Å². The number of hydrogen-bond donors (Lipinski definition) is 2. The predicted molar refractivity (Wildman–Crippen MR) is 58.0 cm³/mol. The third-order valence-electron chi connectivity index (χ3n) is 3.22. The zero-order chi connectivity index (χ0) is 11.5. The molecule has 1 atom stereocenters. The van der Waals surface area contributed by atoms with Gasteiger partial charge in [0, 0.05) is 12.6 Å². The molecule has 1 heterocycles. The number of carboxylic acid groups (broad SMARTS) is 1. The van der Waals surface area contributed by atoms with Gasteiger partial charge in [-0.3, -0.25) is 9.59 Å². The maximum Gasteiger partial charge on any atom is 0.323 e. The molecule has 1 aliphatic heterocycles. The van der Waals surface area contributed by atoms with E-state index in [2.05, 4.69) is 5.32 Å². The summed E-state index contributed by atoms with van der Waals surface area (Å²) in [6.07, 6.45) is 3.80. The number of nitrogens with zero attached hydrogens (tertiary/aromatic N) is 1. The molecule has 0 bridgehead atoms. The summed E-state index contributed by atoms with van der Waals surface area (Å²) in [4.78, 5) is 24.4. The molecule has 0 unspecified atom stereocenters. The largest absolute Gasteiger partial charge is 0.480 e. The Labute approximate surface area is 94.8 Å². The Morgan fingerprint density at radius 2 is 2.06 bits per heavy atom. The van der Waals surface area contributed by atoms with Crippen LogP contribution < -0.4 is 5.32 Å². The van der Waals surface area contributed by atoms with Crippen LogP contribution in [0.25, 0.3) is 0 Å². The quantitative estimate of drug-likeness (QED) is 0.711. The molecule has 5 heteroatoms. The molecule has 1 saturated carbocycles. The van der Waals surface area contributed by atoms with E-state index in [1.165, 1.54) is 0 Å². The SMILES string of the molecule is O=C(O)CN(C(=O)[C@H]1CCCNC1)C1CC1. The van der Waals surface area contributed by atoms with Crippen LogP contribution >= 0.6 is 0 Å². The van der Waals surface area contributed by atoms with E-state index in [-0.39, 0.29) is 24.4 Å². The summed E-state index contributed by atoms with van der Waals surface area (Å²) in [6.45, 7) is 1.52. The highest BCUT2D eigenvalue weighted by Crippen LogP contribution is 2.28. The van der Waals surface area contributed by atoms with Crippen molar-refractivity contribution >= 4 is 11.9 Å². The standard InChI is InChI=1S/C11H18N2O3/c14-10(15)7-13(9-3-4-9)11(16)8-2-1-5-12-6-8/h8-9,12H,1-7H2,(H,14,15)/t8-/m0/s1. The number of amides is 1. The molecular formula is C11H18N2O3. The van der Waals surface area contributed by atoms with Gasteiger partial charge in [-0.05, 0) is 32.2 Å². The van der Waals surface area contributed by atoms with E-state index in [0.29, 0.717) is 6.54 Å². The van der Waals surface area contributed by atoms with Gasteiger partial charge < -0.3 is 15.3 Å². The van der Waals surface area contributed by atoms with Crippen molar-refractivity contribution in [2.75, 3.05) is 19.6 Å². The van der Waals surface area contributed by atoms with Crippen LogP contribution in [0.4, 0.5) is 0 Å². The van der Waals surface area contributed by atoms with Crippen molar-refractivity contribution in [3.63, 3.8) is 0 Å². The first kappa shape index (κ1) is 11.4. The van der Waals surface area contributed by atoms with Crippen molar-refractivity contribution in [2.45, 2.75) is 31.7 Å². The van der Waals surface area contributed by atoms with Crippen molar-refractivity contribution in [1.29, 1.82) is 0 Å². The summed E-state index contributed by atoms with van der Waals surface area (Å²) in [6, 6.07) is 0.186. The van der Waals surface area contributed by atoms with Gasteiger partial charge in [-0.15, -0.1) is 0 Å². The first-order chi connectivity index (χ1) is 7.68. The van der Waals surface area contributed by atoms with E-state index >= 15 is 0 Å². The number of carbonyl (C=O) groups excluding carboxylic acids is 1. The fourth-order valence-corrected chi connectivity index (χ4v) is 2.22. The van der Waals surface area contributed by atoms with E-state index in [9.17, 15) is 9.59 Å². The number of carboxylic acids is 1. The molecule has 2 fully saturated rings. The van der Waals surface area contributed by atoms with E-state index in [1.807, 2.05) is 0 Å². The second-order valence-electron chi connectivity index (χ2n) is 4.63. The third-order valence-corrected chi connectivity index (χ3v) is 3.22. The molecule has 1 saturated heterocycles. The number of piperidine rings is 1. The summed E-state index contributed by atoms with van der Waals surface area (Å²) in [5, 5.41) is 12.0. The third kappa shape index (κ3) is 2.72. The Morgan fingerprint density at radius 3 is 2.56 bits per heavy atom. The maximum absolute atomic E-state index is 12.1. The molecule has 0 aromatic rings. The number of aliphatic carboxylic acids is 1. The van der Waals surface area contributed by atoms with Gasteiger partial charge in [-0.1, -0.05) is 0 Å². The molecule has 2 N–H and O–H groups in total. The van der Waals surface area contributed by atoms with Crippen LogP contribution in [-0.2, 0) is 9.59 Å². The van der Waals surface area contributed by atoms with E-state index in [4.69, 9.17) is 5.11 Å². The van der Waals surface area contributed by atoms with E-state index < -0.39 is 5.97 Å². The fourth-order valence-electron chi connectivity index (χ4n) is 2.22. The van der Waals surface area contributed by atoms with Crippen LogP contribution in [0.15, 0.2) is 0 Å². The average Bonchev–Trinajstić information content (AvgIpc) is 3.10. The van der Waals surface area contributed by atoms with Gasteiger partial charge in [-0.25, -0.2) is 0 Å². The van der Waals surface area contributed by atoms with Crippen molar-refractivity contribution in [3.8, 4) is 0 Å². The normalized spacial score (nSPS) is 25.1. The van der Waals surface area contributed by atoms with Crippen LogP contribution in [0.5, 0.6) is 0 Å². The van der Waals surface area contributed by atoms with Gasteiger partial charge in [0.25, 0.3) is 0 Å². The Balaban J connectivity index is 1.95. The molecule has 0 aromatic heterocycles. The molecule has 0 spiro atoms. The average molecular weight is 226 g/mol. The minimum Gasteiger partial charge on any atom is -0.480 e. The molecule has 0 aromatic carbocycles. The van der Waals surface area contributed by atoms with Crippen LogP contribution in [0, 0.1) is 5.92 Å². The van der Waals surface area contributed by atoms with Crippen LogP contribution in [0.1, 0.15) is 25.7 Å². The first-order valence-electron chi connectivity index (χ1n) is 5.91. The number of rotatable bonds is 4. The topological polar surface area (TPSA) is 69.6 Å². The minimum atomic E-state index is -0.913. The molecule has 1 aliphatic carbocycles. The van der Waals surface area contributed by atoms with Crippen molar-refractivity contribution < 1.29 is 14.7 Å². The summed E-state index contributed by atoms with van der Waals surface area (Å²) in [7, 11) is 0. The lowest BCUT2D eigenvalue weighted by Gasteiger charge is -2.28. The lowest BCUT2D eigenvalue weighted by molar-refractivity contribution is -0.147. The second kappa shape index (κ2) is 4.82. The molecule has 2 rings (SSSR count). The molecular weight excluding hydrogens is 208 g/mol. The Morgan fingerprint density at radius 1 is 1.31 bits per heavy atom. The van der Waals surface area contributed by atoms with Gasteiger partial charge in [0.05, 0.1) is 5.92 Å². The number of carbonyl (C=O) groups is 2. The molecule has 2 aliphatic rings.